The Bertz CT molecular complexity index is 583. The minimum atomic E-state index is -0.0561. The smallest absolute Gasteiger partial charge is 0.240 e. The molecule has 1 aliphatic rings. The average molecular weight is 381 g/mol. The topological polar surface area (TPSA) is 74.3 Å². The molecule has 6 nitrogen and oxygen atoms in total. The summed E-state index contributed by atoms with van der Waals surface area (Å²) in [6.07, 6.45) is 6.50. The highest BCUT2D eigenvalue weighted by Crippen LogP contribution is 2.21. The van der Waals surface area contributed by atoms with Crippen molar-refractivity contribution < 1.29 is 9.59 Å². The molecule has 1 saturated heterocycles. The molecule has 1 atom stereocenters. The summed E-state index contributed by atoms with van der Waals surface area (Å²) in [6, 6.07) is 0. The van der Waals surface area contributed by atoms with Gasteiger partial charge in [-0.15, -0.1) is 11.3 Å². The fraction of sp³-hybridized carbons (Fsp3) is 0.737. The highest BCUT2D eigenvalue weighted by atomic mass is 32.1. The normalized spacial score (nSPS) is 17.9. The van der Waals surface area contributed by atoms with Crippen molar-refractivity contribution in [3.63, 3.8) is 0 Å². The summed E-state index contributed by atoms with van der Waals surface area (Å²) in [5.74, 6) is 0.0734. The van der Waals surface area contributed by atoms with Crippen molar-refractivity contribution in [3.05, 3.63) is 10.6 Å². The second-order valence-electron chi connectivity index (χ2n) is 7.13. The Balaban J connectivity index is 1.73. The summed E-state index contributed by atoms with van der Waals surface area (Å²) < 4.78 is 0. The maximum absolute atomic E-state index is 12.3. The Labute approximate surface area is 160 Å². The number of carbonyl (C=O) groups excluding carboxylic acids is 2. The zero-order valence-corrected chi connectivity index (χ0v) is 17.1. The molecule has 7 heteroatoms. The lowest BCUT2D eigenvalue weighted by Gasteiger charge is -2.31. The molecule has 1 unspecified atom stereocenters. The number of likely N-dealkylation sites (tertiary alicyclic amines) is 1. The lowest BCUT2D eigenvalue weighted by molar-refractivity contribution is -0.127. The standard InChI is InChI=1S/C19H32N4O2S/c1-4-5-6-7-10-20-18(25)16-9-8-11-23(12-16)13-17(24)22-19-21-14(2)15(3)26-19/h16H,4-13H2,1-3H3,(H,20,25)(H,21,22,24). The van der Waals surface area contributed by atoms with Gasteiger partial charge >= 0.3 is 0 Å². The number of thiazole rings is 1. The summed E-state index contributed by atoms with van der Waals surface area (Å²) >= 11 is 1.50. The number of anilines is 1. The van der Waals surface area contributed by atoms with Crippen molar-refractivity contribution in [1.29, 1.82) is 0 Å². The Morgan fingerprint density at radius 1 is 1.27 bits per heavy atom. The van der Waals surface area contributed by atoms with E-state index < -0.39 is 0 Å². The van der Waals surface area contributed by atoms with Gasteiger partial charge in [0.25, 0.3) is 0 Å². The van der Waals surface area contributed by atoms with Gasteiger partial charge in [-0.1, -0.05) is 26.2 Å². The molecule has 0 spiro atoms. The minimum absolute atomic E-state index is 0.00734. The molecule has 0 aromatic carbocycles. The van der Waals surface area contributed by atoms with Crippen LogP contribution in [-0.4, -0.2) is 47.9 Å². The first-order valence-corrected chi connectivity index (χ1v) is 10.5. The first-order valence-electron chi connectivity index (χ1n) is 9.73. The number of nitrogens with one attached hydrogen (secondary N) is 2. The molecular formula is C19H32N4O2S. The van der Waals surface area contributed by atoms with Gasteiger partial charge < -0.3 is 10.6 Å². The third-order valence-corrected chi connectivity index (χ3v) is 5.84. The second kappa shape index (κ2) is 10.6. The Kier molecular flexibility index (Phi) is 8.51. The van der Waals surface area contributed by atoms with Gasteiger partial charge in [0.05, 0.1) is 18.2 Å². The van der Waals surface area contributed by atoms with Crippen LogP contribution in [0.15, 0.2) is 0 Å². The molecule has 26 heavy (non-hydrogen) atoms. The summed E-state index contributed by atoms with van der Waals surface area (Å²) in [7, 11) is 0. The predicted molar refractivity (Wildman–Crippen MR) is 107 cm³/mol. The van der Waals surface area contributed by atoms with Crippen molar-refractivity contribution in [2.45, 2.75) is 59.3 Å². The fourth-order valence-electron chi connectivity index (χ4n) is 3.21. The molecule has 2 heterocycles. The zero-order chi connectivity index (χ0) is 18.9. The van der Waals surface area contributed by atoms with E-state index in [1.165, 1.54) is 30.6 Å². The van der Waals surface area contributed by atoms with Crippen LogP contribution in [0.3, 0.4) is 0 Å². The van der Waals surface area contributed by atoms with E-state index in [-0.39, 0.29) is 17.7 Å². The van der Waals surface area contributed by atoms with Gasteiger partial charge in [0.2, 0.25) is 11.8 Å². The van der Waals surface area contributed by atoms with Crippen LogP contribution in [0.5, 0.6) is 0 Å². The Hall–Kier alpha value is -1.47. The van der Waals surface area contributed by atoms with Crippen molar-refractivity contribution in [3.8, 4) is 0 Å². The first kappa shape index (κ1) is 20.8. The molecule has 2 N–H and O–H groups in total. The van der Waals surface area contributed by atoms with Crippen LogP contribution >= 0.6 is 11.3 Å². The van der Waals surface area contributed by atoms with Crippen LogP contribution in [0.25, 0.3) is 0 Å². The number of unbranched alkanes of at least 4 members (excludes halogenated alkanes) is 3. The van der Waals surface area contributed by atoms with Crippen molar-refractivity contribution in [2.24, 2.45) is 5.92 Å². The van der Waals surface area contributed by atoms with E-state index in [0.29, 0.717) is 18.2 Å². The summed E-state index contributed by atoms with van der Waals surface area (Å²) in [6.45, 7) is 8.73. The van der Waals surface area contributed by atoms with Crippen LogP contribution in [0.4, 0.5) is 5.13 Å². The number of aromatic nitrogens is 1. The highest BCUT2D eigenvalue weighted by molar-refractivity contribution is 7.15. The molecule has 2 rings (SSSR count). The summed E-state index contributed by atoms with van der Waals surface area (Å²) in [5.41, 5.74) is 0.957. The van der Waals surface area contributed by atoms with Crippen molar-refractivity contribution in [1.82, 2.24) is 15.2 Å². The molecule has 0 radical (unpaired) electrons. The van der Waals surface area contributed by atoms with Gasteiger partial charge in [-0.05, 0) is 39.7 Å². The quantitative estimate of drug-likeness (QED) is 0.646. The van der Waals surface area contributed by atoms with Crippen molar-refractivity contribution in [2.75, 3.05) is 31.5 Å². The van der Waals surface area contributed by atoms with Gasteiger partial charge in [0.1, 0.15) is 0 Å². The van der Waals surface area contributed by atoms with Crippen LogP contribution in [0.2, 0.25) is 0 Å². The molecule has 0 bridgehead atoms. The molecule has 2 amide bonds. The second-order valence-corrected chi connectivity index (χ2v) is 8.34. The molecule has 146 valence electrons. The van der Waals surface area contributed by atoms with Gasteiger partial charge in [0, 0.05) is 18.0 Å². The molecule has 0 saturated carbocycles. The molecule has 1 fully saturated rings. The first-order chi connectivity index (χ1) is 12.5. The number of hydrogen-bond donors (Lipinski definition) is 2. The van der Waals surface area contributed by atoms with Gasteiger partial charge in [0.15, 0.2) is 5.13 Å². The Morgan fingerprint density at radius 2 is 2.08 bits per heavy atom. The molecule has 1 aliphatic heterocycles. The molecule has 1 aromatic heterocycles. The van der Waals surface area contributed by atoms with E-state index in [9.17, 15) is 9.59 Å². The van der Waals surface area contributed by atoms with Crippen LogP contribution < -0.4 is 10.6 Å². The molecule has 1 aromatic rings. The van der Waals surface area contributed by atoms with E-state index in [0.717, 1.165) is 42.9 Å². The number of rotatable bonds is 9. The maximum Gasteiger partial charge on any atom is 0.240 e. The number of nitrogens with zero attached hydrogens (tertiary/aromatic N) is 2. The Morgan fingerprint density at radius 3 is 2.77 bits per heavy atom. The number of amides is 2. The largest absolute Gasteiger partial charge is 0.356 e. The third kappa shape index (κ3) is 6.68. The maximum atomic E-state index is 12.3. The van der Waals surface area contributed by atoms with E-state index >= 15 is 0 Å². The van der Waals surface area contributed by atoms with Gasteiger partial charge in [-0.3, -0.25) is 14.5 Å². The molecule has 0 aliphatic carbocycles. The lowest BCUT2D eigenvalue weighted by atomic mass is 9.97. The van der Waals surface area contributed by atoms with E-state index in [4.69, 9.17) is 0 Å². The lowest BCUT2D eigenvalue weighted by Crippen LogP contribution is -2.45. The highest BCUT2D eigenvalue weighted by Gasteiger charge is 2.26. The van der Waals surface area contributed by atoms with Crippen LogP contribution in [-0.2, 0) is 9.59 Å². The summed E-state index contributed by atoms with van der Waals surface area (Å²) in [5, 5.41) is 6.59. The van der Waals surface area contributed by atoms with Crippen LogP contribution in [0.1, 0.15) is 56.0 Å². The predicted octanol–water partition coefficient (Wildman–Crippen LogP) is 3.11. The molecular weight excluding hydrogens is 348 g/mol. The number of carbonyl (C=O) groups is 2. The number of hydrogen-bond acceptors (Lipinski definition) is 5. The third-order valence-electron chi connectivity index (χ3n) is 4.85. The SMILES string of the molecule is CCCCCCNC(=O)C1CCCN(CC(=O)Nc2nc(C)c(C)s2)C1. The van der Waals surface area contributed by atoms with Gasteiger partial charge in [-0.25, -0.2) is 4.98 Å². The van der Waals surface area contributed by atoms with Gasteiger partial charge in [-0.2, -0.15) is 0 Å². The van der Waals surface area contributed by atoms with E-state index in [2.05, 4.69) is 27.4 Å². The number of piperidine rings is 1. The minimum Gasteiger partial charge on any atom is -0.356 e. The van der Waals surface area contributed by atoms with E-state index in [1.54, 1.807) is 0 Å². The fourth-order valence-corrected chi connectivity index (χ4v) is 4.04. The van der Waals surface area contributed by atoms with E-state index in [1.807, 2.05) is 13.8 Å². The monoisotopic (exact) mass is 380 g/mol. The van der Waals surface area contributed by atoms with Crippen LogP contribution in [0, 0.1) is 19.8 Å². The number of aryl methyl sites for hydroxylation is 2. The van der Waals surface area contributed by atoms with Crippen molar-refractivity contribution >= 4 is 28.3 Å². The zero-order valence-electron chi connectivity index (χ0n) is 16.3. The average Bonchev–Trinajstić information content (AvgIpc) is 2.92. The summed E-state index contributed by atoms with van der Waals surface area (Å²) in [4.78, 5) is 32.2.